The molecule has 1 atom stereocenters. The Balaban J connectivity index is 2.45. The maximum atomic E-state index is 5.61. The van der Waals surface area contributed by atoms with Crippen LogP contribution in [0.15, 0.2) is 10.5 Å². The predicted octanol–water partition coefficient (Wildman–Crippen LogP) is 2.52. The van der Waals surface area contributed by atoms with Gasteiger partial charge in [-0.05, 0) is 24.7 Å². The van der Waals surface area contributed by atoms with Gasteiger partial charge >= 0.3 is 0 Å². The standard InChI is InChI=1S/C9H17NS/c1-3-4-9-7(2)5-8(6-10)11-9/h8H,3-6,10H2,1-2H3/t8-/m1/s1. The minimum atomic E-state index is 0.677. The van der Waals surface area contributed by atoms with Crippen molar-refractivity contribution in [1.82, 2.24) is 0 Å². The first-order chi connectivity index (χ1) is 5.27. The lowest BCUT2D eigenvalue weighted by Crippen LogP contribution is -2.13. The molecule has 1 nitrogen and oxygen atoms in total. The summed E-state index contributed by atoms with van der Waals surface area (Å²) in [4.78, 5) is 1.60. The number of thioether (sulfide) groups is 1. The Morgan fingerprint density at radius 3 is 2.82 bits per heavy atom. The molecule has 0 saturated heterocycles. The molecular weight excluding hydrogens is 154 g/mol. The van der Waals surface area contributed by atoms with Crippen LogP contribution in [0.5, 0.6) is 0 Å². The van der Waals surface area contributed by atoms with Crippen molar-refractivity contribution >= 4 is 11.8 Å². The average Bonchev–Trinajstić information content (AvgIpc) is 2.33. The molecule has 11 heavy (non-hydrogen) atoms. The van der Waals surface area contributed by atoms with E-state index in [2.05, 4.69) is 13.8 Å². The SMILES string of the molecule is CCCC1=C(C)C[C@H](CN)S1. The molecule has 0 aromatic rings. The molecule has 1 rings (SSSR count). The minimum absolute atomic E-state index is 0.677. The van der Waals surface area contributed by atoms with E-state index in [0.29, 0.717) is 5.25 Å². The molecule has 1 aliphatic heterocycles. The Kier molecular flexibility index (Phi) is 3.46. The third-order valence-electron chi connectivity index (χ3n) is 2.06. The molecule has 0 radical (unpaired) electrons. The van der Waals surface area contributed by atoms with E-state index in [9.17, 15) is 0 Å². The molecule has 0 aromatic carbocycles. The summed E-state index contributed by atoms with van der Waals surface area (Å²) in [6, 6.07) is 0. The topological polar surface area (TPSA) is 26.0 Å². The van der Waals surface area contributed by atoms with Gasteiger partial charge in [0.25, 0.3) is 0 Å². The van der Waals surface area contributed by atoms with E-state index in [0.717, 1.165) is 6.54 Å². The van der Waals surface area contributed by atoms with E-state index in [1.54, 1.807) is 10.5 Å². The highest BCUT2D eigenvalue weighted by molar-refractivity contribution is 8.04. The van der Waals surface area contributed by atoms with Gasteiger partial charge in [-0.3, -0.25) is 0 Å². The molecule has 0 saturated carbocycles. The largest absolute Gasteiger partial charge is 0.329 e. The van der Waals surface area contributed by atoms with Gasteiger partial charge in [-0.15, -0.1) is 11.8 Å². The molecule has 0 aliphatic carbocycles. The minimum Gasteiger partial charge on any atom is -0.329 e. The van der Waals surface area contributed by atoms with Crippen LogP contribution in [0.1, 0.15) is 33.1 Å². The summed E-state index contributed by atoms with van der Waals surface area (Å²) in [6.07, 6.45) is 3.74. The summed E-state index contributed by atoms with van der Waals surface area (Å²) in [5.41, 5.74) is 7.18. The zero-order chi connectivity index (χ0) is 8.27. The Bertz CT molecular complexity index is 163. The van der Waals surface area contributed by atoms with E-state index in [-0.39, 0.29) is 0 Å². The van der Waals surface area contributed by atoms with Crippen LogP contribution < -0.4 is 5.73 Å². The van der Waals surface area contributed by atoms with Crippen LogP contribution in [0.2, 0.25) is 0 Å². The van der Waals surface area contributed by atoms with E-state index in [1.807, 2.05) is 11.8 Å². The van der Waals surface area contributed by atoms with Gasteiger partial charge in [0.15, 0.2) is 0 Å². The number of rotatable bonds is 3. The van der Waals surface area contributed by atoms with E-state index in [4.69, 9.17) is 5.73 Å². The van der Waals surface area contributed by atoms with Crippen molar-refractivity contribution in [2.45, 2.75) is 38.4 Å². The van der Waals surface area contributed by atoms with Gasteiger partial charge in [0.1, 0.15) is 0 Å². The number of hydrogen-bond donors (Lipinski definition) is 1. The molecule has 0 spiro atoms. The zero-order valence-electron chi connectivity index (χ0n) is 7.39. The van der Waals surface area contributed by atoms with Crippen LogP contribution in [0.25, 0.3) is 0 Å². The summed E-state index contributed by atoms with van der Waals surface area (Å²) < 4.78 is 0. The maximum absolute atomic E-state index is 5.61. The smallest absolute Gasteiger partial charge is 0.0251 e. The Morgan fingerprint density at radius 2 is 2.36 bits per heavy atom. The highest BCUT2D eigenvalue weighted by Gasteiger charge is 2.19. The molecule has 2 heteroatoms. The van der Waals surface area contributed by atoms with Gasteiger partial charge in [0, 0.05) is 11.8 Å². The van der Waals surface area contributed by atoms with Crippen LogP contribution in [0, 0.1) is 0 Å². The third-order valence-corrected chi connectivity index (χ3v) is 3.59. The molecule has 0 unspecified atom stereocenters. The lowest BCUT2D eigenvalue weighted by Gasteiger charge is -2.04. The first-order valence-electron chi connectivity index (χ1n) is 4.33. The maximum Gasteiger partial charge on any atom is 0.0251 e. The van der Waals surface area contributed by atoms with Crippen molar-refractivity contribution in [2.75, 3.05) is 6.54 Å². The highest BCUT2D eigenvalue weighted by atomic mass is 32.2. The molecule has 2 N–H and O–H groups in total. The van der Waals surface area contributed by atoms with Crippen molar-refractivity contribution in [2.24, 2.45) is 5.73 Å². The Morgan fingerprint density at radius 1 is 1.64 bits per heavy atom. The fourth-order valence-corrected chi connectivity index (χ4v) is 2.87. The van der Waals surface area contributed by atoms with Crippen LogP contribution in [0.3, 0.4) is 0 Å². The number of allylic oxidation sites excluding steroid dienone is 2. The molecule has 0 bridgehead atoms. The quantitative estimate of drug-likeness (QED) is 0.706. The van der Waals surface area contributed by atoms with Crippen molar-refractivity contribution in [3.63, 3.8) is 0 Å². The Hall–Kier alpha value is 0.0500. The van der Waals surface area contributed by atoms with E-state index in [1.165, 1.54) is 19.3 Å². The monoisotopic (exact) mass is 171 g/mol. The molecule has 0 amide bonds. The summed E-state index contributed by atoms with van der Waals surface area (Å²) >= 11 is 2.00. The summed E-state index contributed by atoms with van der Waals surface area (Å²) in [6.45, 7) is 5.31. The van der Waals surface area contributed by atoms with Gasteiger partial charge in [-0.2, -0.15) is 0 Å². The van der Waals surface area contributed by atoms with Crippen molar-refractivity contribution in [3.05, 3.63) is 10.5 Å². The van der Waals surface area contributed by atoms with Crippen LogP contribution >= 0.6 is 11.8 Å². The molecule has 0 fully saturated rings. The van der Waals surface area contributed by atoms with Crippen molar-refractivity contribution in [3.8, 4) is 0 Å². The first-order valence-corrected chi connectivity index (χ1v) is 5.21. The second-order valence-corrected chi connectivity index (χ2v) is 4.53. The fourth-order valence-electron chi connectivity index (χ4n) is 1.43. The van der Waals surface area contributed by atoms with Gasteiger partial charge in [-0.1, -0.05) is 18.9 Å². The van der Waals surface area contributed by atoms with Crippen LogP contribution in [0.4, 0.5) is 0 Å². The third kappa shape index (κ3) is 2.24. The van der Waals surface area contributed by atoms with Gasteiger partial charge in [0.05, 0.1) is 0 Å². The highest BCUT2D eigenvalue weighted by Crippen LogP contribution is 2.39. The van der Waals surface area contributed by atoms with Gasteiger partial charge in [0.2, 0.25) is 0 Å². The van der Waals surface area contributed by atoms with Gasteiger partial charge < -0.3 is 5.73 Å². The molecule has 1 aliphatic rings. The summed E-state index contributed by atoms with van der Waals surface area (Å²) in [5, 5.41) is 0.677. The normalized spacial score (nSPS) is 24.8. The van der Waals surface area contributed by atoms with Crippen LogP contribution in [-0.2, 0) is 0 Å². The van der Waals surface area contributed by atoms with E-state index < -0.39 is 0 Å². The lowest BCUT2D eigenvalue weighted by molar-refractivity contribution is 0.854. The van der Waals surface area contributed by atoms with Crippen molar-refractivity contribution in [1.29, 1.82) is 0 Å². The molecular formula is C9H17NS. The number of hydrogen-bond acceptors (Lipinski definition) is 2. The number of nitrogens with two attached hydrogens (primary N) is 1. The summed E-state index contributed by atoms with van der Waals surface area (Å²) in [5.74, 6) is 0. The molecule has 64 valence electrons. The first kappa shape index (κ1) is 9.14. The van der Waals surface area contributed by atoms with Crippen molar-refractivity contribution < 1.29 is 0 Å². The molecule has 1 heterocycles. The summed E-state index contributed by atoms with van der Waals surface area (Å²) in [7, 11) is 0. The second-order valence-electron chi connectivity index (χ2n) is 3.13. The van der Waals surface area contributed by atoms with Crippen LogP contribution in [-0.4, -0.2) is 11.8 Å². The Labute approximate surface area is 73.4 Å². The van der Waals surface area contributed by atoms with E-state index >= 15 is 0 Å². The second kappa shape index (κ2) is 4.17. The fraction of sp³-hybridized carbons (Fsp3) is 0.778. The predicted molar refractivity (Wildman–Crippen MR) is 52.7 cm³/mol. The van der Waals surface area contributed by atoms with Gasteiger partial charge in [-0.25, -0.2) is 0 Å². The molecule has 0 aromatic heterocycles. The lowest BCUT2D eigenvalue weighted by atomic mass is 10.1. The average molecular weight is 171 g/mol. The zero-order valence-corrected chi connectivity index (χ0v) is 8.21.